The third kappa shape index (κ3) is 2.90. The number of aromatic nitrogens is 1. The Labute approximate surface area is 167 Å². The molecule has 0 radical (unpaired) electrons. The van der Waals surface area contributed by atoms with Crippen molar-refractivity contribution in [2.75, 3.05) is 31.1 Å². The third-order valence-electron chi connectivity index (χ3n) is 5.25. The second-order valence-electron chi connectivity index (χ2n) is 6.88. The second-order valence-corrected chi connectivity index (χ2v) is 7.32. The second kappa shape index (κ2) is 6.87. The van der Waals surface area contributed by atoms with Crippen LogP contribution in [0.15, 0.2) is 53.1 Å². The maximum Gasteiger partial charge on any atom is 0.276 e. The molecule has 2 aliphatic rings. The molecule has 1 aromatic heterocycles. The molecule has 3 aromatic rings. The Morgan fingerprint density at radius 1 is 1.00 bits per heavy atom. The number of fused-ring (bicyclic) bond motifs is 3. The maximum atomic E-state index is 13.0. The molecule has 0 aliphatic carbocycles. The third-order valence-corrected chi connectivity index (χ3v) is 5.51. The number of para-hydroxylation sites is 1. The van der Waals surface area contributed by atoms with Gasteiger partial charge in [-0.05, 0) is 36.4 Å². The van der Waals surface area contributed by atoms with Crippen molar-refractivity contribution >= 4 is 23.2 Å². The van der Waals surface area contributed by atoms with Crippen LogP contribution in [0.25, 0.3) is 11.3 Å². The number of carbonyl (C=O) groups excluding carboxylic acids is 1. The lowest BCUT2D eigenvalue weighted by Crippen LogP contribution is -2.49. The van der Waals surface area contributed by atoms with E-state index >= 15 is 0 Å². The van der Waals surface area contributed by atoms with Crippen molar-refractivity contribution in [3.05, 3.63) is 64.8 Å². The predicted molar refractivity (Wildman–Crippen MR) is 106 cm³/mol. The molecule has 5 rings (SSSR count). The van der Waals surface area contributed by atoms with Crippen LogP contribution in [-0.2, 0) is 6.61 Å². The summed E-state index contributed by atoms with van der Waals surface area (Å²) in [6.07, 6.45) is 0. The van der Waals surface area contributed by atoms with Crippen molar-refractivity contribution in [1.29, 1.82) is 0 Å². The van der Waals surface area contributed by atoms with E-state index in [4.69, 9.17) is 20.9 Å². The van der Waals surface area contributed by atoms with Crippen molar-refractivity contribution in [3.8, 4) is 17.1 Å². The Kier molecular flexibility index (Phi) is 4.20. The molecular formula is C21H18ClN3O3. The first-order valence-electron chi connectivity index (χ1n) is 9.21. The summed E-state index contributed by atoms with van der Waals surface area (Å²) in [4.78, 5) is 17.1. The molecule has 1 saturated heterocycles. The van der Waals surface area contributed by atoms with E-state index < -0.39 is 0 Å². The number of benzene rings is 2. The number of carbonyl (C=O) groups is 1. The van der Waals surface area contributed by atoms with Gasteiger partial charge in [0.15, 0.2) is 11.5 Å². The SMILES string of the molecule is O=C(c1noc2c1COc1ccccc1-2)N1CCN(c2ccc(Cl)cc2)CC1. The van der Waals surface area contributed by atoms with Gasteiger partial charge in [0.25, 0.3) is 5.91 Å². The van der Waals surface area contributed by atoms with Gasteiger partial charge in [-0.1, -0.05) is 28.9 Å². The Morgan fingerprint density at radius 3 is 2.54 bits per heavy atom. The number of hydrogen-bond acceptors (Lipinski definition) is 5. The monoisotopic (exact) mass is 395 g/mol. The molecule has 7 heteroatoms. The van der Waals surface area contributed by atoms with Crippen LogP contribution < -0.4 is 9.64 Å². The van der Waals surface area contributed by atoms with E-state index in [9.17, 15) is 4.79 Å². The van der Waals surface area contributed by atoms with Crippen molar-refractivity contribution in [2.24, 2.45) is 0 Å². The number of halogens is 1. The van der Waals surface area contributed by atoms with Gasteiger partial charge in [0.1, 0.15) is 12.4 Å². The van der Waals surface area contributed by atoms with Crippen molar-refractivity contribution in [3.63, 3.8) is 0 Å². The lowest BCUT2D eigenvalue weighted by molar-refractivity contribution is 0.0734. The van der Waals surface area contributed by atoms with Gasteiger partial charge >= 0.3 is 0 Å². The van der Waals surface area contributed by atoms with Crippen molar-refractivity contribution in [1.82, 2.24) is 10.1 Å². The average Bonchev–Trinajstić information content (AvgIpc) is 3.18. The van der Waals surface area contributed by atoms with E-state index in [1.165, 1.54) is 0 Å². The summed E-state index contributed by atoms with van der Waals surface area (Å²) < 4.78 is 11.3. The fraction of sp³-hybridized carbons (Fsp3) is 0.238. The Morgan fingerprint density at radius 2 is 1.75 bits per heavy atom. The topological polar surface area (TPSA) is 58.8 Å². The minimum absolute atomic E-state index is 0.108. The van der Waals surface area contributed by atoms with Crippen LogP contribution in [0.2, 0.25) is 5.02 Å². The fourth-order valence-electron chi connectivity index (χ4n) is 3.72. The van der Waals surface area contributed by atoms with E-state index in [-0.39, 0.29) is 5.91 Å². The zero-order valence-electron chi connectivity index (χ0n) is 15.1. The van der Waals surface area contributed by atoms with Gasteiger partial charge in [0, 0.05) is 36.9 Å². The Balaban J connectivity index is 1.32. The summed E-state index contributed by atoms with van der Waals surface area (Å²) in [5.41, 5.74) is 3.02. The van der Waals surface area contributed by atoms with Crippen LogP contribution in [0.5, 0.6) is 5.75 Å². The van der Waals surface area contributed by atoms with E-state index in [0.29, 0.717) is 31.2 Å². The summed E-state index contributed by atoms with van der Waals surface area (Å²) in [5.74, 6) is 1.27. The zero-order valence-corrected chi connectivity index (χ0v) is 15.9. The molecule has 0 bridgehead atoms. The number of ether oxygens (including phenoxy) is 1. The predicted octanol–water partition coefficient (Wildman–Crippen LogP) is 3.85. The highest BCUT2D eigenvalue weighted by Gasteiger charge is 2.32. The van der Waals surface area contributed by atoms with Gasteiger partial charge in [0.05, 0.1) is 11.1 Å². The number of nitrogens with zero attached hydrogens (tertiary/aromatic N) is 3. The van der Waals surface area contributed by atoms with Gasteiger partial charge in [-0.15, -0.1) is 0 Å². The lowest BCUT2D eigenvalue weighted by atomic mass is 10.0. The van der Waals surface area contributed by atoms with E-state index in [2.05, 4.69) is 10.1 Å². The number of hydrogen-bond donors (Lipinski definition) is 0. The van der Waals surface area contributed by atoms with Crippen LogP contribution in [-0.4, -0.2) is 42.1 Å². The number of piperazine rings is 1. The highest BCUT2D eigenvalue weighted by Crippen LogP contribution is 2.38. The van der Waals surface area contributed by atoms with Crippen LogP contribution in [0.4, 0.5) is 5.69 Å². The van der Waals surface area contributed by atoms with Gasteiger partial charge < -0.3 is 19.1 Å². The molecule has 1 amide bonds. The standard InChI is InChI=1S/C21H18ClN3O3/c22-14-5-7-15(8-6-14)24-9-11-25(12-10-24)21(26)19-17-13-27-18-4-2-1-3-16(18)20(17)28-23-19/h1-8H,9-13H2. The largest absolute Gasteiger partial charge is 0.488 e. The molecule has 3 heterocycles. The first-order chi connectivity index (χ1) is 13.7. The summed E-state index contributed by atoms with van der Waals surface area (Å²) in [7, 11) is 0. The molecule has 142 valence electrons. The summed E-state index contributed by atoms with van der Waals surface area (Å²) in [6, 6.07) is 15.4. The molecule has 0 unspecified atom stereocenters. The smallest absolute Gasteiger partial charge is 0.276 e. The van der Waals surface area contributed by atoms with Crippen LogP contribution in [0.3, 0.4) is 0 Å². The molecule has 1 fully saturated rings. The molecule has 0 saturated carbocycles. The molecule has 0 spiro atoms. The zero-order chi connectivity index (χ0) is 19.1. The van der Waals surface area contributed by atoms with Crippen LogP contribution in [0, 0.1) is 0 Å². The van der Waals surface area contributed by atoms with Gasteiger partial charge in [0.2, 0.25) is 0 Å². The van der Waals surface area contributed by atoms with E-state index in [0.717, 1.165) is 40.7 Å². The number of amides is 1. The van der Waals surface area contributed by atoms with E-state index in [1.54, 1.807) is 0 Å². The molecular weight excluding hydrogens is 378 g/mol. The summed E-state index contributed by atoms with van der Waals surface area (Å²) in [5, 5.41) is 4.80. The van der Waals surface area contributed by atoms with Gasteiger partial charge in [-0.2, -0.15) is 0 Å². The first kappa shape index (κ1) is 17.1. The molecule has 6 nitrogen and oxygen atoms in total. The lowest BCUT2D eigenvalue weighted by Gasteiger charge is -2.36. The average molecular weight is 396 g/mol. The minimum atomic E-state index is -0.108. The minimum Gasteiger partial charge on any atom is -0.488 e. The summed E-state index contributed by atoms with van der Waals surface area (Å²) in [6.45, 7) is 3.06. The number of rotatable bonds is 2. The van der Waals surface area contributed by atoms with Crippen LogP contribution in [0.1, 0.15) is 16.1 Å². The van der Waals surface area contributed by atoms with Crippen LogP contribution >= 0.6 is 11.6 Å². The van der Waals surface area contributed by atoms with E-state index in [1.807, 2.05) is 53.4 Å². The van der Waals surface area contributed by atoms with Gasteiger partial charge in [-0.25, -0.2) is 0 Å². The quantitative estimate of drug-likeness (QED) is 0.659. The highest BCUT2D eigenvalue weighted by molar-refractivity contribution is 6.30. The van der Waals surface area contributed by atoms with Gasteiger partial charge in [-0.3, -0.25) is 4.79 Å². The highest BCUT2D eigenvalue weighted by atomic mass is 35.5. The Hall–Kier alpha value is -2.99. The molecule has 2 aliphatic heterocycles. The summed E-state index contributed by atoms with van der Waals surface area (Å²) >= 11 is 5.96. The maximum absolute atomic E-state index is 13.0. The first-order valence-corrected chi connectivity index (χ1v) is 9.59. The molecule has 28 heavy (non-hydrogen) atoms. The fourth-order valence-corrected chi connectivity index (χ4v) is 3.85. The normalized spacial score (nSPS) is 15.6. The number of anilines is 1. The molecule has 0 atom stereocenters. The van der Waals surface area contributed by atoms with Crippen molar-refractivity contribution < 1.29 is 14.1 Å². The molecule has 2 aromatic carbocycles. The van der Waals surface area contributed by atoms with Crippen molar-refractivity contribution in [2.45, 2.75) is 6.61 Å². The Bertz CT molecular complexity index is 1020. The molecule has 0 N–H and O–H groups in total.